The number of hydrogen-bond acceptors (Lipinski definition) is 5. The highest BCUT2D eigenvalue weighted by atomic mass is 32.2. The van der Waals surface area contributed by atoms with Crippen LogP contribution >= 0.6 is 0 Å². The summed E-state index contributed by atoms with van der Waals surface area (Å²) in [5, 5.41) is 0. The zero-order valence-corrected chi connectivity index (χ0v) is 20.7. The molecule has 2 aromatic rings. The SMILES string of the molecule is O=S(=O)(C1=CCN=C(C(F)(F)F)C=C1)N(CCC1CCCCC1)Cc1ccc(-c2ncco2)c(F)c1F. The number of aromatic nitrogens is 1. The molecular weight excluding hydrogens is 517 g/mol. The van der Waals surface area contributed by atoms with Crippen LogP contribution in [0.15, 0.2) is 57.1 Å². The maximum Gasteiger partial charge on any atom is 0.432 e. The lowest BCUT2D eigenvalue weighted by molar-refractivity contribution is -0.0578. The van der Waals surface area contributed by atoms with E-state index in [2.05, 4.69) is 9.98 Å². The molecular formula is C25H26F5N3O3S. The van der Waals surface area contributed by atoms with Gasteiger partial charge < -0.3 is 4.42 Å². The second kappa shape index (κ2) is 11.3. The topological polar surface area (TPSA) is 75.8 Å². The zero-order chi connectivity index (χ0) is 26.6. The van der Waals surface area contributed by atoms with Gasteiger partial charge >= 0.3 is 6.18 Å². The van der Waals surface area contributed by atoms with Crippen molar-refractivity contribution in [1.29, 1.82) is 0 Å². The van der Waals surface area contributed by atoms with E-state index >= 15 is 4.39 Å². The number of allylic oxidation sites excluding steroid dienone is 2. The molecule has 2 aliphatic rings. The quantitative estimate of drug-likeness (QED) is 0.373. The van der Waals surface area contributed by atoms with E-state index < -0.39 is 46.6 Å². The van der Waals surface area contributed by atoms with Crippen molar-refractivity contribution in [2.75, 3.05) is 13.1 Å². The van der Waals surface area contributed by atoms with Gasteiger partial charge in [0, 0.05) is 18.7 Å². The number of oxazole rings is 1. The maximum atomic E-state index is 15.0. The first-order chi connectivity index (χ1) is 17.6. The Hall–Kier alpha value is -2.86. The number of aliphatic imine (C=N–C) groups is 1. The molecule has 1 fully saturated rings. The molecule has 0 amide bonds. The first-order valence-electron chi connectivity index (χ1n) is 11.9. The van der Waals surface area contributed by atoms with E-state index in [1.165, 1.54) is 24.6 Å². The summed E-state index contributed by atoms with van der Waals surface area (Å²) in [5.74, 6) is -2.33. The standard InChI is InChI=1S/C25H26F5N3O3S/c26-22-18(6-8-20(23(22)27)24-32-13-15-36-24)16-33(14-11-17-4-2-1-3-5-17)37(34,35)19-7-9-21(25(28,29)30)31-12-10-19/h6-10,13,15,17H,1-5,11-12,14,16H2. The van der Waals surface area contributed by atoms with E-state index in [4.69, 9.17) is 4.42 Å². The van der Waals surface area contributed by atoms with E-state index in [0.717, 1.165) is 48.6 Å². The Morgan fingerprint density at radius 3 is 2.49 bits per heavy atom. The molecule has 1 saturated carbocycles. The van der Waals surface area contributed by atoms with Crippen LogP contribution in [0.3, 0.4) is 0 Å². The fourth-order valence-corrected chi connectivity index (χ4v) is 6.03. The minimum absolute atomic E-state index is 0.00765. The Morgan fingerprint density at radius 1 is 1.05 bits per heavy atom. The van der Waals surface area contributed by atoms with Gasteiger partial charge in [-0.1, -0.05) is 38.2 Å². The molecule has 0 radical (unpaired) electrons. The van der Waals surface area contributed by atoms with Gasteiger partial charge in [0.15, 0.2) is 11.6 Å². The van der Waals surface area contributed by atoms with Crippen molar-refractivity contribution in [3.8, 4) is 11.5 Å². The highest BCUT2D eigenvalue weighted by molar-refractivity contribution is 7.93. The number of hydrogen-bond donors (Lipinski definition) is 0. The van der Waals surface area contributed by atoms with Crippen LogP contribution in [-0.2, 0) is 16.6 Å². The first kappa shape index (κ1) is 27.2. The molecule has 1 aliphatic carbocycles. The number of halogens is 5. The fraction of sp³-hybridized carbons (Fsp3) is 0.440. The molecule has 0 spiro atoms. The van der Waals surface area contributed by atoms with E-state index in [1.807, 2.05) is 0 Å². The molecule has 1 aliphatic heterocycles. The fourth-order valence-electron chi connectivity index (χ4n) is 4.55. The molecule has 1 aromatic carbocycles. The number of sulfonamides is 1. The third-order valence-electron chi connectivity index (χ3n) is 6.57. The lowest BCUT2D eigenvalue weighted by atomic mass is 9.87. The lowest BCUT2D eigenvalue weighted by Crippen LogP contribution is -2.34. The van der Waals surface area contributed by atoms with Gasteiger partial charge in [-0.3, -0.25) is 4.99 Å². The Labute approximate surface area is 211 Å². The largest absolute Gasteiger partial charge is 0.444 e. The Kier molecular flexibility index (Phi) is 8.27. The summed E-state index contributed by atoms with van der Waals surface area (Å²) in [6.45, 7) is -0.976. The average Bonchev–Trinajstić information content (AvgIpc) is 3.26. The van der Waals surface area contributed by atoms with Gasteiger partial charge in [-0.15, -0.1) is 0 Å². The molecule has 6 nitrogen and oxygen atoms in total. The van der Waals surface area contributed by atoms with Crippen molar-refractivity contribution in [1.82, 2.24) is 9.29 Å². The lowest BCUT2D eigenvalue weighted by Gasteiger charge is -2.27. The molecule has 4 rings (SSSR count). The second-order valence-corrected chi connectivity index (χ2v) is 11.0. The number of rotatable bonds is 8. The van der Waals surface area contributed by atoms with Gasteiger partial charge in [0.05, 0.1) is 23.2 Å². The van der Waals surface area contributed by atoms with Crippen LogP contribution in [0.5, 0.6) is 0 Å². The smallest absolute Gasteiger partial charge is 0.432 e. The molecule has 0 unspecified atom stereocenters. The molecule has 0 N–H and O–H groups in total. The molecule has 37 heavy (non-hydrogen) atoms. The van der Waals surface area contributed by atoms with Gasteiger partial charge in [-0.05, 0) is 36.6 Å². The van der Waals surface area contributed by atoms with Crippen molar-refractivity contribution < 1.29 is 34.8 Å². The second-order valence-electron chi connectivity index (χ2n) is 9.03. The molecule has 200 valence electrons. The van der Waals surface area contributed by atoms with E-state index in [-0.39, 0.29) is 34.4 Å². The summed E-state index contributed by atoms with van der Waals surface area (Å²) in [7, 11) is -4.35. The van der Waals surface area contributed by atoms with Crippen molar-refractivity contribution in [3.05, 3.63) is 64.9 Å². The third-order valence-corrected chi connectivity index (χ3v) is 8.46. The number of nitrogens with zero attached hydrogens (tertiary/aromatic N) is 3. The molecule has 2 heterocycles. The Bertz CT molecular complexity index is 1300. The summed E-state index contributed by atoms with van der Waals surface area (Å²) in [6.07, 6.45) is 5.86. The van der Waals surface area contributed by atoms with E-state index in [9.17, 15) is 26.0 Å². The van der Waals surface area contributed by atoms with Crippen LogP contribution in [0.2, 0.25) is 0 Å². The summed E-state index contributed by atoms with van der Waals surface area (Å²) in [6, 6.07) is 2.50. The molecule has 1 aromatic heterocycles. The van der Waals surface area contributed by atoms with Crippen molar-refractivity contribution in [3.63, 3.8) is 0 Å². The predicted octanol–water partition coefficient (Wildman–Crippen LogP) is 6.18. The van der Waals surface area contributed by atoms with Gasteiger partial charge in [0.25, 0.3) is 0 Å². The predicted molar refractivity (Wildman–Crippen MR) is 128 cm³/mol. The van der Waals surface area contributed by atoms with Gasteiger partial charge in [-0.25, -0.2) is 22.2 Å². The zero-order valence-electron chi connectivity index (χ0n) is 19.8. The van der Waals surface area contributed by atoms with Crippen LogP contribution in [0.4, 0.5) is 22.0 Å². The summed E-state index contributed by atoms with van der Waals surface area (Å²) in [5.41, 5.74) is -1.63. The third kappa shape index (κ3) is 6.35. The van der Waals surface area contributed by atoms with Crippen LogP contribution in [0, 0.1) is 17.6 Å². The van der Waals surface area contributed by atoms with Crippen LogP contribution in [0.1, 0.15) is 44.1 Å². The van der Waals surface area contributed by atoms with E-state index in [1.54, 1.807) is 0 Å². The summed E-state index contributed by atoms with van der Waals surface area (Å²) < 4.78 is 102. The highest BCUT2D eigenvalue weighted by Crippen LogP contribution is 2.31. The minimum Gasteiger partial charge on any atom is -0.444 e. The van der Waals surface area contributed by atoms with E-state index in [0.29, 0.717) is 12.5 Å². The summed E-state index contributed by atoms with van der Waals surface area (Å²) >= 11 is 0. The van der Waals surface area contributed by atoms with Crippen LogP contribution in [-0.4, -0.2) is 42.7 Å². The van der Waals surface area contributed by atoms with Crippen LogP contribution < -0.4 is 0 Å². The normalized spacial score (nSPS) is 17.6. The van der Waals surface area contributed by atoms with Crippen LogP contribution in [0.25, 0.3) is 11.5 Å². The van der Waals surface area contributed by atoms with Crippen molar-refractivity contribution in [2.45, 2.75) is 51.2 Å². The maximum absolute atomic E-state index is 15.0. The van der Waals surface area contributed by atoms with Gasteiger partial charge in [-0.2, -0.15) is 17.5 Å². The Morgan fingerprint density at radius 2 is 1.81 bits per heavy atom. The monoisotopic (exact) mass is 543 g/mol. The van der Waals surface area contributed by atoms with Crippen molar-refractivity contribution in [2.24, 2.45) is 10.9 Å². The van der Waals surface area contributed by atoms with Gasteiger partial charge in [0.2, 0.25) is 15.9 Å². The number of alkyl halides is 3. The average molecular weight is 544 g/mol. The summed E-state index contributed by atoms with van der Waals surface area (Å²) in [4.78, 5) is 6.83. The van der Waals surface area contributed by atoms with Crippen molar-refractivity contribution >= 4 is 15.7 Å². The Balaban J connectivity index is 1.62. The van der Waals surface area contributed by atoms with Gasteiger partial charge in [0.1, 0.15) is 12.0 Å². The molecule has 12 heteroatoms. The molecule has 0 saturated heterocycles. The minimum atomic E-state index is -4.73. The highest BCUT2D eigenvalue weighted by Gasteiger charge is 2.35. The molecule has 0 atom stereocenters. The number of benzene rings is 1. The molecule has 0 bridgehead atoms. The first-order valence-corrected chi connectivity index (χ1v) is 13.4.